The topological polar surface area (TPSA) is 50.8 Å². The van der Waals surface area contributed by atoms with E-state index in [1.165, 1.54) is 0 Å². The van der Waals surface area contributed by atoms with Gasteiger partial charge in [-0.05, 0) is 25.5 Å². The van der Waals surface area contributed by atoms with E-state index in [-0.39, 0.29) is 12.0 Å². The van der Waals surface area contributed by atoms with Gasteiger partial charge in [-0.1, -0.05) is 18.2 Å². The highest BCUT2D eigenvalue weighted by atomic mass is 16.5. The van der Waals surface area contributed by atoms with Gasteiger partial charge in [-0.25, -0.2) is 4.79 Å². The zero-order valence-electron chi connectivity index (χ0n) is 12.6. The number of rotatable bonds is 7. The molecular weight excluding hydrogens is 268 g/mol. The zero-order valence-corrected chi connectivity index (χ0v) is 12.6. The number of carbonyl (C=O) groups is 1. The van der Waals surface area contributed by atoms with Gasteiger partial charge in [0.1, 0.15) is 6.04 Å². The second kappa shape index (κ2) is 8.64. The highest BCUT2D eigenvalue weighted by Gasteiger charge is 2.21. The van der Waals surface area contributed by atoms with Crippen molar-refractivity contribution in [2.45, 2.75) is 19.4 Å². The maximum atomic E-state index is 12.1. The van der Waals surface area contributed by atoms with Crippen LogP contribution in [0.2, 0.25) is 0 Å². The van der Waals surface area contributed by atoms with Crippen LogP contribution in [0.15, 0.2) is 30.3 Å². The average molecular weight is 292 g/mol. The number of benzene rings is 1. The molecule has 0 spiro atoms. The number of hydrogen-bond acceptors (Lipinski definition) is 5. The highest BCUT2D eigenvalue weighted by Crippen LogP contribution is 2.11. The van der Waals surface area contributed by atoms with Gasteiger partial charge in [0.2, 0.25) is 0 Å². The summed E-state index contributed by atoms with van der Waals surface area (Å²) in [4.78, 5) is 14.4. The molecule has 1 N–H and O–H groups in total. The molecule has 0 radical (unpaired) electrons. The van der Waals surface area contributed by atoms with Gasteiger partial charge in [-0.15, -0.1) is 0 Å². The van der Waals surface area contributed by atoms with E-state index in [2.05, 4.69) is 10.2 Å². The molecule has 1 unspecified atom stereocenters. The molecule has 0 bridgehead atoms. The predicted octanol–water partition coefficient (Wildman–Crippen LogP) is 1.75. The number of ether oxygens (including phenoxy) is 2. The number of para-hydroxylation sites is 1. The smallest absolute Gasteiger partial charge is 0.328 e. The molecule has 1 aliphatic heterocycles. The van der Waals surface area contributed by atoms with Gasteiger partial charge in [0.25, 0.3) is 0 Å². The molecule has 116 valence electrons. The predicted molar refractivity (Wildman–Crippen MR) is 82.4 cm³/mol. The Labute approximate surface area is 126 Å². The van der Waals surface area contributed by atoms with Crippen LogP contribution in [0.5, 0.6) is 0 Å². The molecule has 1 heterocycles. The van der Waals surface area contributed by atoms with Crippen LogP contribution in [-0.2, 0) is 14.3 Å². The lowest BCUT2D eigenvalue weighted by Gasteiger charge is -2.28. The minimum absolute atomic E-state index is 0.186. The summed E-state index contributed by atoms with van der Waals surface area (Å²) in [6, 6.07) is 9.47. The number of carbonyl (C=O) groups excluding carboxylic acids is 1. The summed E-state index contributed by atoms with van der Waals surface area (Å²) in [6.45, 7) is 6.52. The number of hydrogen-bond donors (Lipinski definition) is 1. The summed E-state index contributed by atoms with van der Waals surface area (Å²) in [5.41, 5.74) is 0.942. The number of anilines is 1. The van der Waals surface area contributed by atoms with Gasteiger partial charge in [0.15, 0.2) is 0 Å². The monoisotopic (exact) mass is 292 g/mol. The van der Waals surface area contributed by atoms with Crippen molar-refractivity contribution in [2.75, 3.05) is 44.8 Å². The number of nitrogens with one attached hydrogen (secondary N) is 1. The van der Waals surface area contributed by atoms with E-state index in [0.717, 1.165) is 45.0 Å². The van der Waals surface area contributed by atoms with Gasteiger partial charge >= 0.3 is 5.97 Å². The van der Waals surface area contributed by atoms with Crippen molar-refractivity contribution < 1.29 is 14.3 Å². The molecule has 2 rings (SSSR count). The molecule has 5 nitrogen and oxygen atoms in total. The average Bonchev–Trinajstić information content (AvgIpc) is 2.53. The molecule has 0 amide bonds. The third-order valence-electron chi connectivity index (χ3n) is 3.52. The Bertz CT molecular complexity index is 419. The molecule has 1 saturated heterocycles. The molecule has 1 fully saturated rings. The third-order valence-corrected chi connectivity index (χ3v) is 3.52. The van der Waals surface area contributed by atoms with Crippen LogP contribution < -0.4 is 5.32 Å². The van der Waals surface area contributed by atoms with E-state index in [4.69, 9.17) is 9.47 Å². The van der Waals surface area contributed by atoms with Crippen molar-refractivity contribution in [1.82, 2.24) is 4.90 Å². The van der Waals surface area contributed by atoms with Crippen LogP contribution in [-0.4, -0.2) is 56.4 Å². The van der Waals surface area contributed by atoms with E-state index in [9.17, 15) is 4.79 Å². The van der Waals surface area contributed by atoms with Gasteiger partial charge < -0.3 is 14.8 Å². The first-order valence-electron chi connectivity index (χ1n) is 7.58. The summed E-state index contributed by atoms with van der Waals surface area (Å²) in [5.74, 6) is -0.186. The molecule has 1 aromatic rings. The first-order chi connectivity index (χ1) is 10.3. The van der Waals surface area contributed by atoms with Crippen molar-refractivity contribution >= 4 is 11.7 Å². The fraction of sp³-hybridized carbons (Fsp3) is 0.562. The Morgan fingerprint density at radius 1 is 1.33 bits per heavy atom. The van der Waals surface area contributed by atoms with E-state index >= 15 is 0 Å². The highest BCUT2D eigenvalue weighted by molar-refractivity contribution is 5.79. The normalized spacial score (nSPS) is 17.2. The van der Waals surface area contributed by atoms with Crippen LogP contribution in [0, 0.1) is 0 Å². The van der Waals surface area contributed by atoms with E-state index in [1.54, 1.807) is 0 Å². The first-order valence-corrected chi connectivity index (χ1v) is 7.58. The number of morpholine rings is 1. The number of nitrogens with zero attached hydrogens (tertiary/aromatic N) is 1. The van der Waals surface area contributed by atoms with Crippen LogP contribution >= 0.6 is 0 Å². The van der Waals surface area contributed by atoms with Gasteiger partial charge in [-0.3, -0.25) is 4.90 Å². The third kappa shape index (κ3) is 5.36. The van der Waals surface area contributed by atoms with Crippen molar-refractivity contribution in [3.05, 3.63) is 30.3 Å². The van der Waals surface area contributed by atoms with Crippen molar-refractivity contribution in [3.63, 3.8) is 0 Å². The summed E-state index contributed by atoms with van der Waals surface area (Å²) >= 11 is 0. The Morgan fingerprint density at radius 2 is 2.05 bits per heavy atom. The maximum absolute atomic E-state index is 12.1. The molecule has 0 aromatic heterocycles. The summed E-state index contributed by atoms with van der Waals surface area (Å²) < 4.78 is 10.5. The second-order valence-corrected chi connectivity index (χ2v) is 5.06. The first kappa shape index (κ1) is 15.8. The Kier molecular flexibility index (Phi) is 6.50. The minimum atomic E-state index is -0.310. The Hall–Kier alpha value is -1.59. The van der Waals surface area contributed by atoms with Crippen LogP contribution in [0.3, 0.4) is 0 Å². The molecule has 0 aliphatic carbocycles. The lowest BCUT2D eigenvalue weighted by molar-refractivity contribution is -0.144. The SMILES string of the molecule is CCOC(=O)C(CCN1CCOCC1)Nc1ccccc1. The summed E-state index contributed by atoms with van der Waals surface area (Å²) in [5, 5.41) is 3.27. The second-order valence-electron chi connectivity index (χ2n) is 5.06. The van der Waals surface area contributed by atoms with Crippen LogP contribution in [0.1, 0.15) is 13.3 Å². The molecule has 1 atom stereocenters. The quantitative estimate of drug-likeness (QED) is 0.776. The van der Waals surface area contributed by atoms with Crippen LogP contribution in [0.25, 0.3) is 0 Å². The molecule has 21 heavy (non-hydrogen) atoms. The summed E-state index contributed by atoms with van der Waals surface area (Å²) in [7, 11) is 0. The summed E-state index contributed by atoms with van der Waals surface area (Å²) in [6.07, 6.45) is 0.730. The van der Waals surface area contributed by atoms with E-state index < -0.39 is 0 Å². The fourth-order valence-electron chi connectivity index (χ4n) is 2.36. The zero-order chi connectivity index (χ0) is 14.9. The standard InChI is InChI=1S/C16H24N2O3/c1-2-21-16(19)15(17-14-6-4-3-5-7-14)8-9-18-10-12-20-13-11-18/h3-7,15,17H,2,8-13H2,1H3. The molecule has 1 aliphatic rings. The van der Waals surface area contributed by atoms with E-state index in [0.29, 0.717) is 6.61 Å². The molecular formula is C16H24N2O3. The minimum Gasteiger partial charge on any atom is -0.464 e. The lowest BCUT2D eigenvalue weighted by Crippen LogP contribution is -2.40. The van der Waals surface area contributed by atoms with Gasteiger partial charge in [0, 0.05) is 25.3 Å². The lowest BCUT2D eigenvalue weighted by atomic mass is 10.1. The maximum Gasteiger partial charge on any atom is 0.328 e. The Balaban J connectivity index is 1.89. The van der Waals surface area contributed by atoms with Crippen LogP contribution in [0.4, 0.5) is 5.69 Å². The molecule has 5 heteroatoms. The number of esters is 1. The van der Waals surface area contributed by atoms with E-state index in [1.807, 2.05) is 37.3 Å². The van der Waals surface area contributed by atoms with Gasteiger partial charge in [-0.2, -0.15) is 0 Å². The fourth-order valence-corrected chi connectivity index (χ4v) is 2.36. The molecule has 1 aromatic carbocycles. The van der Waals surface area contributed by atoms with Crippen molar-refractivity contribution in [1.29, 1.82) is 0 Å². The Morgan fingerprint density at radius 3 is 2.71 bits per heavy atom. The van der Waals surface area contributed by atoms with Gasteiger partial charge in [0.05, 0.1) is 19.8 Å². The van der Waals surface area contributed by atoms with Crippen molar-refractivity contribution in [3.8, 4) is 0 Å². The molecule has 0 saturated carbocycles. The largest absolute Gasteiger partial charge is 0.464 e. The van der Waals surface area contributed by atoms with Crippen molar-refractivity contribution in [2.24, 2.45) is 0 Å².